The number of likely N-dealkylation sites (N-methyl/N-ethyl adjacent to an activating group) is 1. The topological polar surface area (TPSA) is 69.6 Å². The highest BCUT2D eigenvalue weighted by Crippen LogP contribution is 2.22. The maximum absolute atomic E-state index is 11.7. The smallest absolute Gasteiger partial charge is 0.227 e. The van der Waals surface area contributed by atoms with Gasteiger partial charge >= 0.3 is 0 Å². The van der Waals surface area contributed by atoms with Crippen molar-refractivity contribution in [1.29, 1.82) is 0 Å². The molecule has 0 spiro atoms. The van der Waals surface area contributed by atoms with Gasteiger partial charge in [-0.1, -0.05) is 6.92 Å². The minimum atomic E-state index is -2.90. The predicted octanol–water partition coefficient (Wildman–Crippen LogP) is 0.242. The number of hydrogen-bond donors (Lipinski definition) is 0. The summed E-state index contributed by atoms with van der Waals surface area (Å²) in [5.74, 6) is 2.01. The zero-order valence-corrected chi connectivity index (χ0v) is 14.7. The Kier molecular flexibility index (Phi) is 4.72. The molecule has 8 heteroatoms. The quantitative estimate of drug-likeness (QED) is 0.778. The highest BCUT2D eigenvalue weighted by Gasteiger charge is 2.32. The molecule has 1 aromatic rings. The fourth-order valence-electron chi connectivity index (χ4n) is 3.22. The van der Waals surface area contributed by atoms with E-state index >= 15 is 0 Å². The molecule has 0 saturated carbocycles. The molecule has 2 aliphatic heterocycles. The van der Waals surface area contributed by atoms with Crippen molar-refractivity contribution in [2.75, 3.05) is 61.1 Å². The number of hydrogen-bond acceptors (Lipinski definition) is 7. The van der Waals surface area contributed by atoms with Gasteiger partial charge in [-0.3, -0.25) is 0 Å². The standard InChI is InChI=1S/C15H25N5O2S/c1-3-19-7-9-20(10-8-19)14-4-6-16-15(17-14)18(2)13-5-11-23(21,22)12-13/h4,6,13H,3,5,7-12H2,1-2H3. The van der Waals surface area contributed by atoms with Crippen LogP contribution in [0.1, 0.15) is 13.3 Å². The summed E-state index contributed by atoms with van der Waals surface area (Å²) in [6, 6.07) is 1.91. The lowest BCUT2D eigenvalue weighted by Gasteiger charge is -2.35. The molecular weight excluding hydrogens is 314 g/mol. The minimum absolute atomic E-state index is 0.0211. The number of rotatable bonds is 4. The number of sulfone groups is 1. The van der Waals surface area contributed by atoms with Crippen LogP contribution in [0.15, 0.2) is 12.3 Å². The first-order valence-electron chi connectivity index (χ1n) is 8.22. The van der Waals surface area contributed by atoms with E-state index in [-0.39, 0.29) is 17.5 Å². The summed E-state index contributed by atoms with van der Waals surface area (Å²) in [7, 11) is -1.01. The lowest BCUT2D eigenvalue weighted by Crippen LogP contribution is -2.46. The van der Waals surface area contributed by atoms with Crippen molar-refractivity contribution in [2.45, 2.75) is 19.4 Å². The summed E-state index contributed by atoms with van der Waals surface area (Å²) < 4.78 is 23.3. The van der Waals surface area contributed by atoms with Crippen LogP contribution in [-0.2, 0) is 9.84 Å². The van der Waals surface area contributed by atoms with Gasteiger partial charge in [0.15, 0.2) is 9.84 Å². The monoisotopic (exact) mass is 339 g/mol. The second-order valence-corrected chi connectivity index (χ2v) is 8.53. The molecule has 1 atom stereocenters. The number of piperazine rings is 1. The van der Waals surface area contributed by atoms with Crippen LogP contribution in [0.4, 0.5) is 11.8 Å². The molecule has 0 aliphatic carbocycles. The summed E-state index contributed by atoms with van der Waals surface area (Å²) in [5.41, 5.74) is 0. The van der Waals surface area contributed by atoms with Gasteiger partial charge in [-0.05, 0) is 19.0 Å². The number of nitrogens with zero attached hydrogens (tertiary/aromatic N) is 5. The Morgan fingerprint density at radius 3 is 2.65 bits per heavy atom. The van der Waals surface area contributed by atoms with Crippen molar-refractivity contribution in [1.82, 2.24) is 14.9 Å². The molecule has 23 heavy (non-hydrogen) atoms. The Balaban J connectivity index is 1.70. The van der Waals surface area contributed by atoms with Crippen molar-refractivity contribution >= 4 is 21.6 Å². The van der Waals surface area contributed by atoms with E-state index in [2.05, 4.69) is 26.7 Å². The maximum Gasteiger partial charge on any atom is 0.227 e. The predicted molar refractivity (Wildman–Crippen MR) is 91.8 cm³/mol. The molecule has 0 radical (unpaired) electrons. The molecule has 0 aromatic carbocycles. The van der Waals surface area contributed by atoms with Gasteiger partial charge in [0.2, 0.25) is 5.95 Å². The summed E-state index contributed by atoms with van der Waals surface area (Å²) in [6.45, 7) is 7.29. The molecule has 2 saturated heterocycles. The van der Waals surface area contributed by atoms with Crippen LogP contribution in [0.5, 0.6) is 0 Å². The maximum atomic E-state index is 11.7. The van der Waals surface area contributed by atoms with Crippen molar-refractivity contribution in [3.05, 3.63) is 12.3 Å². The number of anilines is 2. The summed E-state index contributed by atoms with van der Waals surface area (Å²) in [4.78, 5) is 15.6. The van der Waals surface area contributed by atoms with Crippen LogP contribution in [0.25, 0.3) is 0 Å². The van der Waals surface area contributed by atoms with E-state index < -0.39 is 9.84 Å². The third kappa shape index (κ3) is 3.74. The Morgan fingerprint density at radius 2 is 2.04 bits per heavy atom. The van der Waals surface area contributed by atoms with Gasteiger partial charge in [-0.15, -0.1) is 0 Å². The molecule has 1 unspecified atom stereocenters. The van der Waals surface area contributed by atoms with Crippen LogP contribution in [0, 0.1) is 0 Å². The van der Waals surface area contributed by atoms with Gasteiger partial charge in [0.05, 0.1) is 11.5 Å². The Bertz CT molecular complexity index is 643. The van der Waals surface area contributed by atoms with E-state index in [1.165, 1.54) is 0 Å². The van der Waals surface area contributed by atoms with Crippen molar-refractivity contribution in [3.63, 3.8) is 0 Å². The average molecular weight is 339 g/mol. The first-order valence-corrected chi connectivity index (χ1v) is 10.0. The SMILES string of the molecule is CCN1CCN(c2ccnc(N(C)C3CCS(=O)(=O)C3)n2)CC1. The second kappa shape index (κ2) is 6.60. The molecule has 2 aliphatic rings. The molecule has 0 amide bonds. The van der Waals surface area contributed by atoms with Crippen LogP contribution in [0.3, 0.4) is 0 Å². The molecular formula is C15H25N5O2S. The normalized spacial score (nSPS) is 24.8. The van der Waals surface area contributed by atoms with Gasteiger partial charge in [0.25, 0.3) is 0 Å². The highest BCUT2D eigenvalue weighted by molar-refractivity contribution is 7.91. The largest absolute Gasteiger partial charge is 0.354 e. The third-order valence-corrected chi connectivity index (χ3v) is 6.59. The van der Waals surface area contributed by atoms with E-state index in [9.17, 15) is 8.42 Å². The van der Waals surface area contributed by atoms with E-state index in [0.29, 0.717) is 12.4 Å². The molecule has 0 N–H and O–H groups in total. The molecule has 1 aromatic heterocycles. The van der Waals surface area contributed by atoms with Crippen LogP contribution < -0.4 is 9.80 Å². The van der Waals surface area contributed by atoms with E-state index in [0.717, 1.165) is 38.5 Å². The molecule has 7 nitrogen and oxygen atoms in total. The lowest BCUT2D eigenvalue weighted by molar-refractivity contribution is 0.270. The summed E-state index contributed by atoms with van der Waals surface area (Å²) in [6.07, 6.45) is 2.42. The summed E-state index contributed by atoms with van der Waals surface area (Å²) >= 11 is 0. The zero-order chi connectivity index (χ0) is 16.4. The van der Waals surface area contributed by atoms with Crippen molar-refractivity contribution in [2.24, 2.45) is 0 Å². The van der Waals surface area contributed by atoms with Crippen LogP contribution in [0.2, 0.25) is 0 Å². The second-order valence-electron chi connectivity index (χ2n) is 6.30. The van der Waals surface area contributed by atoms with E-state index in [4.69, 9.17) is 0 Å². The first-order chi connectivity index (χ1) is 11.0. The third-order valence-electron chi connectivity index (χ3n) is 4.84. The highest BCUT2D eigenvalue weighted by atomic mass is 32.2. The summed E-state index contributed by atoms with van der Waals surface area (Å²) in [5, 5.41) is 0. The Morgan fingerprint density at radius 1 is 1.30 bits per heavy atom. The number of aromatic nitrogens is 2. The minimum Gasteiger partial charge on any atom is -0.354 e. The van der Waals surface area contributed by atoms with Crippen LogP contribution >= 0.6 is 0 Å². The fraction of sp³-hybridized carbons (Fsp3) is 0.733. The zero-order valence-electron chi connectivity index (χ0n) is 13.8. The fourth-order valence-corrected chi connectivity index (χ4v) is 5.00. The van der Waals surface area contributed by atoms with Gasteiger partial charge in [0.1, 0.15) is 5.82 Å². The van der Waals surface area contributed by atoms with Crippen LogP contribution in [-0.4, -0.2) is 80.6 Å². The first kappa shape index (κ1) is 16.4. The van der Waals surface area contributed by atoms with Crippen molar-refractivity contribution < 1.29 is 8.42 Å². The van der Waals surface area contributed by atoms with Crippen molar-refractivity contribution in [3.8, 4) is 0 Å². The molecule has 3 heterocycles. The molecule has 3 rings (SSSR count). The molecule has 0 bridgehead atoms. The van der Waals surface area contributed by atoms with Gasteiger partial charge in [0, 0.05) is 45.5 Å². The van der Waals surface area contributed by atoms with Gasteiger partial charge < -0.3 is 14.7 Å². The Hall–Kier alpha value is -1.41. The average Bonchev–Trinajstić information content (AvgIpc) is 2.94. The molecule has 2 fully saturated rings. The van der Waals surface area contributed by atoms with E-state index in [1.807, 2.05) is 18.0 Å². The Labute approximate surface area is 138 Å². The lowest BCUT2D eigenvalue weighted by atomic mass is 10.2. The van der Waals surface area contributed by atoms with Gasteiger partial charge in [-0.2, -0.15) is 4.98 Å². The van der Waals surface area contributed by atoms with Gasteiger partial charge in [-0.25, -0.2) is 13.4 Å². The molecule has 128 valence electrons. The van der Waals surface area contributed by atoms with E-state index in [1.54, 1.807) is 6.20 Å².